The van der Waals surface area contributed by atoms with E-state index in [4.69, 9.17) is 4.52 Å². The molecule has 1 aliphatic heterocycles. The van der Waals surface area contributed by atoms with Crippen LogP contribution < -0.4 is 5.32 Å². The molecule has 0 aliphatic carbocycles. The van der Waals surface area contributed by atoms with Crippen LogP contribution in [0.1, 0.15) is 37.8 Å². The summed E-state index contributed by atoms with van der Waals surface area (Å²) in [6.07, 6.45) is 0.647. The number of aryl methyl sites for hydroxylation is 3. The van der Waals surface area contributed by atoms with Gasteiger partial charge in [0.1, 0.15) is 10.6 Å². The zero-order valence-electron chi connectivity index (χ0n) is 14.9. The Morgan fingerprint density at radius 2 is 2.04 bits per heavy atom. The van der Waals surface area contributed by atoms with Gasteiger partial charge in [-0.05, 0) is 43.4 Å². The van der Waals surface area contributed by atoms with Crippen LogP contribution in [0.25, 0.3) is 0 Å². The zero-order valence-corrected chi connectivity index (χ0v) is 15.7. The van der Waals surface area contributed by atoms with Crippen LogP contribution in [-0.4, -0.2) is 32.1 Å². The minimum absolute atomic E-state index is 0.0395. The van der Waals surface area contributed by atoms with E-state index in [1.807, 2.05) is 6.07 Å². The van der Waals surface area contributed by atoms with Gasteiger partial charge in [-0.25, -0.2) is 0 Å². The largest absolute Gasteiger partial charge is 0.359 e. The Morgan fingerprint density at radius 1 is 1.27 bits per heavy atom. The lowest BCUT2D eigenvalue weighted by atomic mass is 10.1. The lowest BCUT2D eigenvalue weighted by Crippen LogP contribution is -2.35. The van der Waals surface area contributed by atoms with Crippen molar-refractivity contribution in [2.75, 3.05) is 11.9 Å². The van der Waals surface area contributed by atoms with E-state index in [0.717, 1.165) is 39.7 Å². The molecule has 3 heterocycles. The van der Waals surface area contributed by atoms with Gasteiger partial charge in [-0.2, -0.15) is 0 Å². The molecule has 0 spiro atoms. The number of para-hydroxylation sites is 1. The Labute approximate surface area is 155 Å². The molecule has 7 nitrogen and oxygen atoms in total. The quantitative estimate of drug-likeness (QED) is 0.762. The Kier molecular flexibility index (Phi) is 4.20. The van der Waals surface area contributed by atoms with Gasteiger partial charge in [0.25, 0.3) is 5.91 Å². The highest BCUT2D eigenvalue weighted by Crippen LogP contribution is 2.31. The standard InChI is InChI=1S/C18H19N5O2S/c1-10-5-4-6-11(2)15(10)19-17-13-9-23(8-7-14(13)25-21-17)18(24)16-12(3)20-22-26-16/h4-6H,7-9H2,1-3H3,(H,19,21). The SMILES string of the molecule is Cc1cccc(C)c1Nc1noc2c1CN(C(=O)c1snnc1C)CC2. The number of nitrogens with one attached hydrogen (secondary N) is 1. The Hall–Kier alpha value is -2.74. The van der Waals surface area contributed by atoms with E-state index in [1.165, 1.54) is 0 Å². The molecule has 0 saturated carbocycles. The maximum atomic E-state index is 12.8. The Morgan fingerprint density at radius 3 is 2.73 bits per heavy atom. The normalized spacial score (nSPS) is 13.6. The van der Waals surface area contributed by atoms with E-state index in [1.54, 1.807) is 11.8 Å². The Bertz CT molecular complexity index is 958. The van der Waals surface area contributed by atoms with Crippen molar-refractivity contribution in [3.63, 3.8) is 0 Å². The summed E-state index contributed by atoms with van der Waals surface area (Å²) in [5.41, 5.74) is 4.90. The summed E-state index contributed by atoms with van der Waals surface area (Å²) in [5.74, 6) is 1.47. The minimum atomic E-state index is -0.0395. The summed E-state index contributed by atoms with van der Waals surface area (Å²) in [7, 11) is 0. The highest BCUT2D eigenvalue weighted by atomic mass is 32.1. The smallest absolute Gasteiger partial charge is 0.267 e. The number of hydrogen-bond donors (Lipinski definition) is 1. The van der Waals surface area contributed by atoms with Crippen LogP contribution >= 0.6 is 11.5 Å². The Balaban J connectivity index is 1.61. The predicted molar refractivity (Wildman–Crippen MR) is 98.8 cm³/mol. The van der Waals surface area contributed by atoms with E-state index < -0.39 is 0 Å². The molecule has 2 aromatic heterocycles. The van der Waals surface area contributed by atoms with Gasteiger partial charge in [0.2, 0.25) is 0 Å². The molecule has 0 unspecified atom stereocenters. The first kappa shape index (κ1) is 16.7. The number of fused-ring (bicyclic) bond motifs is 1. The molecule has 3 aromatic rings. The topological polar surface area (TPSA) is 84.2 Å². The summed E-state index contributed by atoms with van der Waals surface area (Å²) in [5, 5.41) is 11.5. The summed E-state index contributed by atoms with van der Waals surface area (Å²) in [4.78, 5) is 15.2. The molecule has 0 saturated heterocycles. The van der Waals surface area contributed by atoms with E-state index in [2.05, 4.69) is 46.0 Å². The molecule has 0 atom stereocenters. The van der Waals surface area contributed by atoms with Crippen LogP contribution in [0.15, 0.2) is 22.7 Å². The molecule has 134 valence electrons. The van der Waals surface area contributed by atoms with Crippen LogP contribution in [0.4, 0.5) is 11.5 Å². The highest BCUT2D eigenvalue weighted by Gasteiger charge is 2.29. The number of carbonyl (C=O) groups is 1. The minimum Gasteiger partial charge on any atom is -0.359 e. The summed E-state index contributed by atoms with van der Waals surface area (Å²) < 4.78 is 9.37. The van der Waals surface area contributed by atoms with E-state index in [9.17, 15) is 4.79 Å². The van der Waals surface area contributed by atoms with E-state index in [-0.39, 0.29) is 5.91 Å². The molecule has 1 aliphatic rings. The van der Waals surface area contributed by atoms with Gasteiger partial charge in [-0.1, -0.05) is 27.8 Å². The van der Waals surface area contributed by atoms with Crippen LogP contribution in [0.2, 0.25) is 0 Å². The molecule has 1 aromatic carbocycles. The first-order chi connectivity index (χ1) is 12.5. The molecule has 1 amide bonds. The predicted octanol–water partition coefficient (Wildman–Crippen LogP) is 3.39. The number of aromatic nitrogens is 3. The molecule has 4 rings (SSSR count). The number of carbonyl (C=O) groups excluding carboxylic acids is 1. The summed E-state index contributed by atoms with van der Waals surface area (Å²) in [6, 6.07) is 6.13. The third-order valence-electron chi connectivity index (χ3n) is 4.68. The third-order valence-corrected chi connectivity index (χ3v) is 5.50. The van der Waals surface area contributed by atoms with Crippen LogP contribution in [-0.2, 0) is 13.0 Å². The monoisotopic (exact) mass is 369 g/mol. The number of amides is 1. The molecule has 8 heteroatoms. The van der Waals surface area contributed by atoms with Crippen molar-refractivity contribution in [3.05, 3.63) is 51.2 Å². The maximum Gasteiger partial charge on any atom is 0.267 e. The second-order valence-corrected chi connectivity index (χ2v) is 7.24. The molecule has 1 N–H and O–H groups in total. The zero-order chi connectivity index (χ0) is 18.3. The van der Waals surface area contributed by atoms with Gasteiger partial charge in [0, 0.05) is 18.7 Å². The third kappa shape index (κ3) is 2.86. The van der Waals surface area contributed by atoms with E-state index >= 15 is 0 Å². The van der Waals surface area contributed by atoms with Crippen molar-refractivity contribution in [2.45, 2.75) is 33.7 Å². The summed E-state index contributed by atoms with van der Waals surface area (Å²) in [6.45, 7) is 6.97. The second kappa shape index (κ2) is 6.53. The number of anilines is 2. The molecule has 0 bridgehead atoms. The molecular weight excluding hydrogens is 350 g/mol. The van der Waals surface area contributed by atoms with Gasteiger partial charge in [0.05, 0.1) is 17.8 Å². The van der Waals surface area contributed by atoms with Crippen LogP contribution in [0.3, 0.4) is 0 Å². The first-order valence-corrected chi connectivity index (χ1v) is 9.21. The van der Waals surface area contributed by atoms with Crippen molar-refractivity contribution >= 4 is 28.9 Å². The number of hydrogen-bond acceptors (Lipinski definition) is 7. The number of rotatable bonds is 3. The number of benzene rings is 1. The molecule has 0 radical (unpaired) electrons. The van der Waals surface area contributed by atoms with Gasteiger partial charge >= 0.3 is 0 Å². The van der Waals surface area contributed by atoms with E-state index in [0.29, 0.717) is 35.9 Å². The van der Waals surface area contributed by atoms with Crippen molar-refractivity contribution in [1.29, 1.82) is 0 Å². The fourth-order valence-electron chi connectivity index (χ4n) is 3.18. The first-order valence-electron chi connectivity index (χ1n) is 8.43. The summed E-state index contributed by atoms with van der Waals surface area (Å²) >= 11 is 1.14. The van der Waals surface area contributed by atoms with Gasteiger partial charge in [-0.15, -0.1) is 5.10 Å². The number of nitrogens with zero attached hydrogens (tertiary/aromatic N) is 4. The maximum absolute atomic E-state index is 12.8. The fraction of sp³-hybridized carbons (Fsp3) is 0.333. The van der Waals surface area contributed by atoms with Gasteiger partial charge in [0.15, 0.2) is 5.82 Å². The van der Waals surface area contributed by atoms with Crippen molar-refractivity contribution < 1.29 is 9.32 Å². The fourth-order valence-corrected chi connectivity index (χ4v) is 3.81. The van der Waals surface area contributed by atoms with Crippen LogP contribution in [0.5, 0.6) is 0 Å². The molecule has 26 heavy (non-hydrogen) atoms. The lowest BCUT2D eigenvalue weighted by molar-refractivity contribution is 0.0733. The van der Waals surface area contributed by atoms with Gasteiger partial charge < -0.3 is 14.7 Å². The lowest BCUT2D eigenvalue weighted by Gasteiger charge is -2.26. The van der Waals surface area contributed by atoms with Crippen molar-refractivity contribution in [1.82, 2.24) is 19.6 Å². The average Bonchev–Trinajstić information content (AvgIpc) is 3.23. The molecular formula is C18H19N5O2S. The van der Waals surface area contributed by atoms with Crippen LogP contribution in [0, 0.1) is 20.8 Å². The van der Waals surface area contributed by atoms with Gasteiger partial charge in [-0.3, -0.25) is 4.79 Å². The average molecular weight is 369 g/mol. The van der Waals surface area contributed by atoms with Crippen molar-refractivity contribution in [3.8, 4) is 0 Å². The highest BCUT2D eigenvalue weighted by molar-refractivity contribution is 7.07. The molecule has 0 fully saturated rings. The second-order valence-electron chi connectivity index (χ2n) is 6.49. The van der Waals surface area contributed by atoms with Crippen molar-refractivity contribution in [2.24, 2.45) is 0 Å².